The molecule has 3 nitrogen and oxygen atoms in total. The number of halogens is 1. The van der Waals surface area contributed by atoms with E-state index in [-0.39, 0.29) is 0 Å². The van der Waals surface area contributed by atoms with Gasteiger partial charge in [0.2, 0.25) is 10.0 Å². The van der Waals surface area contributed by atoms with Crippen molar-refractivity contribution < 1.29 is 8.42 Å². The maximum atomic E-state index is 11.0. The zero-order chi connectivity index (χ0) is 10.1. The Bertz CT molecular complexity index is 394. The first kappa shape index (κ1) is 10.5. The summed E-state index contributed by atoms with van der Waals surface area (Å²) in [6, 6.07) is 5.49. The summed E-state index contributed by atoms with van der Waals surface area (Å²) < 4.78 is 25.1. The van der Waals surface area contributed by atoms with Crippen molar-refractivity contribution in [3.63, 3.8) is 0 Å². The topological polar surface area (TPSA) is 46.2 Å². The third-order valence-electron chi connectivity index (χ3n) is 1.51. The number of rotatable bonds is 2. The van der Waals surface area contributed by atoms with Gasteiger partial charge in [0.25, 0.3) is 0 Å². The summed E-state index contributed by atoms with van der Waals surface area (Å²) in [5.41, 5.74) is 1.49. The molecule has 0 unspecified atom stereocenters. The van der Waals surface area contributed by atoms with Crippen molar-refractivity contribution in [1.82, 2.24) is 0 Å². The summed E-state index contributed by atoms with van der Waals surface area (Å²) in [6.45, 7) is 1.85. The van der Waals surface area contributed by atoms with E-state index < -0.39 is 10.0 Å². The van der Waals surface area contributed by atoms with Gasteiger partial charge in [0.05, 0.1) is 11.9 Å². The van der Waals surface area contributed by atoms with Crippen LogP contribution in [0, 0.1) is 6.92 Å². The molecular weight excluding hydrogens is 254 g/mol. The Morgan fingerprint density at radius 1 is 1.38 bits per heavy atom. The van der Waals surface area contributed by atoms with Gasteiger partial charge in [-0.3, -0.25) is 4.72 Å². The Kier molecular flexibility index (Phi) is 2.98. The van der Waals surface area contributed by atoms with Crippen molar-refractivity contribution in [1.29, 1.82) is 0 Å². The number of aryl methyl sites for hydroxylation is 1. The molecule has 0 spiro atoms. The second kappa shape index (κ2) is 3.67. The Morgan fingerprint density at radius 2 is 2.00 bits per heavy atom. The van der Waals surface area contributed by atoms with Crippen LogP contribution in [0.15, 0.2) is 22.7 Å². The molecule has 1 aromatic rings. The van der Waals surface area contributed by atoms with Crippen LogP contribution in [0.4, 0.5) is 5.69 Å². The van der Waals surface area contributed by atoms with Gasteiger partial charge in [0, 0.05) is 4.47 Å². The maximum absolute atomic E-state index is 11.0. The fraction of sp³-hybridized carbons (Fsp3) is 0.250. The lowest BCUT2D eigenvalue weighted by Gasteiger charge is -2.08. The van der Waals surface area contributed by atoms with Gasteiger partial charge in [-0.2, -0.15) is 0 Å². The molecule has 0 aliphatic heterocycles. The molecule has 1 aromatic carbocycles. The lowest BCUT2D eigenvalue weighted by Crippen LogP contribution is -2.10. The van der Waals surface area contributed by atoms with Crippen LogP contribution in [0.5, 0.6) is 0 Å². The number of benzene rings is 1. The number of hydrogen-bond acceptors (Lipinski definition) is 2. The van der Waals surface area contributed by atoms with Crippen molar-refractivity contribution in [2.75, 3.05) is 11.0 Å². The lowest BCUT2D eigenvalue weighted by molar-refractivity contribution is 0.606. The fourth-order valence-corrected chi connectivity index (χ4v) is 2.28. The van der Waals surface area contributed by atoms with Crippen LogP contribution < -0.4 is 4.72 Å². The summed E-state index contributed by atoms with van der Waals surface area (Å²) >= 11 is 3.27. The van der Waals surface area contributed by atoms with Gasteiger partial charge >= 0.3 is 0 Å². The van der Waals surface area contributed by atoms with Crippen LogP contribution in [0.25, 0.3) is 0 Å². The molecule has 0 heterocycles. The van der Waals surface area contributed by atoms with Gasteiger partial charge in [0.15, 0.2) is 0 Å². The molecule has 72 valence electrons. The van der Waals surface area contributed by atoms with E-state index in [0.717, 1.165) is 16.3 Å². The van der Waals surface area contributed by atoms with Crippen LogP contribution in [-0.2, 0) is 10.0 Å². The van der Waals surface area contributed by atoms with Crippen LogP contribution in [0.1, 0.15) is 5.56 Å². The predicted octanol–water partition coefficient (Wildman–Crippen LogP) is 2.13. The molecule has 0 radical (unpaired) electrons. The third kappa shape index (κ3) is 3.00. The van der Waals surface area contributed by atoms with E-state index in [2.05, 4.69) is 20.7 Å². The molecule has 0 atom stereocenters. The Labute approximate surface area is 86.3 Å². The number of anilines is 1. The highest BCUT2D eigenvalue weighted by Crippen LogP contribution is 2.26. The molecule has 0 fully saturated rings. The second-order valence-corrected chi connectivity index (χ2v) is 5.41. The minimum Gasteiger partial charge on any atom is -0.282 e. The van der Waals surface area contributed by atoms with Gasteiger partial charge in [-0.25, -0.2) is 8.42 Å². The summed E-state index contributed by atoms with van der Waals surface area (Å²) in [6.07, 6.45) is 1.13. The first-order valence-corrected chi connectivity index (χ1v) is 6.31. The number of sulfonamides is 1. The average Bonchev–Trinajstić information content (AvgIpc) is 1.95. The monoisotopic (exact) mass is 263 g/mol. The van der Waals surface area contributed by atoms with E-state index in [1.54, 1.807) is 6.07 Å². The fourth-order valence-electron chi connectivity index (χ4n) is 0.947. The Morgan fingerprint density at radius 3 is 2.46 bits per heavy atom. The molecule has 0 saturated carbocycles. The van der Waals surface area contributed by atoms with E-state index in [1.165, 1.54) is 0 Å². The maximum Gasteiger partial charge on any atom is 0.229 e. The largest absolute Gasteiger partial charge is 0.282 e. The number of nitrogens with one attached hydrogen (secondary N) is 1. The summed E-state index contributed by atoms with van der Waals surface area (Å²) in [7, 11) is -3.20. The first-order valence-electron chi connectivity index (χ1n) is 3.63. The normalized spacial score (nSPS) is 11.3. The second-order valence-electron chi connectivity index (χ2n) is 2.81. The molecular formula is C8H10BrNO2S. The van der Waals surface area contributed by atoms with Gasteiger partial charge in [0.1, 0.15) is 0 Å². The number of hydrogen-bond donors (Lipinski definition) is 1. The van der Waals surface area contributed by atoms with Crippen LogP contribution in [-0.4, -0.2) is 14.7 Å². The molecule has 1 N–H and O–H groups in total. The van der Waals surface area contributed by atoms with Gasteiger partial charge in [-0.15, -0.1) is 0 Å². The van der Waals surface area contributed by atoms with E-state index in [0.29, 0.717) is 5.69 Å². The zero-order valence-electron chi connectivity index (χ0n) is 7.33. The molecule has 0 amide bonds. The number of para-hydroxylation sites is 1. The minimum absolute atomic E-state index is 0.602. The zero-order valence-corrected chi connectivity index (χ0v) is 9.74. The SMILES string of the molecule is Cc1cccc(Br)c1NS(C)(=O)=O. The predicted molar refractivity (Wildman–Crippen MR) is 57.3 cm³/mol. The smallest absolute Gasteiger partial charge is 0.229 e. The Balaban J connectivity index is 3.15. The molecule has 5 heteroatoms. The summed E-state index contributed by atoms with van der Waals surface area (Å²) in [5, 5.41) is 0. The standard InChI is InChI=1S/C8H10BrNO2S/c1-6-4-3-5-7(9)8(6)10-13(2,11)12/h3-5,10H,1-2H3. The molecule has 0 aromatic heterocycles. The van der Waals surface area contributed by atoms with Gasteiger partial charge in [-0.05, 0) is 34.5 Å². The first-order chi connectivity index (χ1) is 5.90. The molecule has 0 bridgehead atoms. The minimum atomic E-state index is -3.20. The van der Waals surface area contributed by atoms with E-state index in [1.807, 2.05) is 19.1 Å². The highest BCUT2D eigenvalue weighted by atomic mass is 79.9. The molecule has 0 aliphatic rings. The molecule has 1 rings (SSSR count). The van der Waals surface area contributed by atoms with Crippen molar-refractivity contribution in [2.45, 2.75) is 6.92 Å². The van der Waals surface area contributed by atoms with Gasteiger partial charge in [-0.1, -0.05) is 12.1 Å². The highest BCUT2D eigenvalue weighted by Gasteiger charge is 2.07. The van der Waals surface area contributed by atoms with Crippen molar-refractivity contribution in [3.05, 3.63) is 28.2 Å². The quantitative estimate of drug-likeness (QED) is 0.889. The molecule has 0 saturated heterocycles. The van der Waals surface area contributed by atoms with Crippen LogP contribution in [0.3, 0.4) is 0 Å². The Hall–Kier alpha value is -0.550. The van der Waals surface area contributed by atoms with E-state index in [4.69, 9.17) is 0 Å². The van der Waals surface area contributed by atoms with Gasteiger partial charge < -0.3 is 0 Å². The van der Waals surface area contributed by atoms with Crippen molar-refractivity contribution >= 4 is 31.6 Å². The highest BCUT2D eigenvalue weighted by molar-refractivity contribution is 9.10. The van der Waals surface area contributed by atoms with Crippen molar-refractivity contribution in [2.24, 2.45) is 0 Å². The van der Waals surface area contributed by atoms with E-state index >= 15 is 0 Å². The summed E-state index contributed by atoms with van der Waals surface area (Å²) in [4.78, 5) is 0. The average molecular weight is 264 g/mol. The van der Waals surface area contributed by atoms with Crippen LogP contribution >= 0.6 is 15.9 Å². The molecule has 0 aliphatic carbocycles. The third-order valence-corrected chi connectivity index (χ3v) is 2.75. The lowest BCUT2D eigenvalue weighted by atomic mass is 10.2. The molecule has 13 heavy (non-hydrogen) atoms. The summed E-state index contributed by atoms with van der Waals surface area (Å²) in [5.74, 6) is 0. The van der Waals surface area contributed by atoms with E-state index in [9.17, 15) is 8.42 Å². The van der Waals surface area contributed by atoms with Crippen molar-refractivity contribution in [3.8, 4) is 0 Å². The van der Waals surface area contributed by atoms with Crippen LogP contribution in [0.2, 0.25) is 0 Å².